The van der Waals surface area contributed by atoms with Gasteiger partial charge in [0.25, 0.3) is 0 Å². The topological polar surface area (TPSA) is 0 Å². The molecule has 0 saturated carbocycles. The Morgan fingerprint density at radius 2 is 1.33 bits per heavy atom. The predicted molar refractivity (Wildman–Crippen MR) is 142 cm³/mol. The minimum absolute atomic E-state index is 0.383. The molecule has 0 saturated heterocycles. The van der Waals surface area contributed by atoms with Crippen LogP contribution in [0.15, 0.2) is 91.0 Å². The maximum Gasteiger partial charge on any atom is 0.00931 e. The summed E-state index contributed by atoms with van der Waals surface area (Å²) in [6.07, 6.45) is 2.14. The Bertz CT molecular complexity index is 1670. The van der Waals surface area contributed by atoms with Crippen molar-refractivity contribution in [1.29, 1.82) is 0 Å². The summed E-state index contributed by atoms with van der Waals surface area (Å²) in [4.78, 5) is 0. The van der Waals surface area contributed by atoms with Crippen molar-refractivity contribution in [3.05, 3.63) is 119 Å². The van der Waals surface area contributed by atoms with Crippen molar-refractivity contribution >= 4 is 32.3 Å². The first-order valence-corrected chi connectivity index (χ1v) is 12.1. The highest BCUT2D eigenvalue weighted by Gasteiger charge is 2.22. The number of benzene rings is 6. The monoisotopic (exact) mass is 422 g/mol. The Labute approximate surface area is 194 Å². The summed E-state index contributed by atoms with van der Waals surface area (Å²) in [7, 11) is 0. The molecule has 0 heterocycles. The van der Waals surface area contributed by atoms with Gasteiger partial charge in [-0.3, -0.25) is 0 Å². The minimum Gasteiger partial charge on any atom is -0.0645 e. The van der Waals surface area contributed by atoms with Gasteiger partial charge < -0.3 is 0 Å². The van der Waals surface area contributed by atoms with Gasteiger partial charge in [0.1, 0.15) is 0 Å². The highest BCUT2D eigenvalue weighted by atomic mass is 14.3. The second-order valence-corrected chi connectivity index (χ2v) is 9.73. The van der Waals surface area contributed by atoms with E-state index < -0.39 is 0 Å². The van der Waals surface area contributed by atoms with Crippen molar-refractivity contribution in [1.82, 2.24) is 0 Å². The van der Waals surface area contributed by atoms with Gasteiger partial charge in [-0.25, -0.2) is 0 Å². The van der Waals surface area contributed by atoms with E-state index >= 15 is 0 Å². The number of rotatable bonds is 3. The summed E-state index contributed by atoms with van der Waals surface area (Å²) in [5.74, 6) is 0.383. The lowest BCUT2D eigenvalue weighted by atomic mass is 9.82. The lowest BCUT2D eigenvalue weighted by molar-refractivity contribution is 0.784. The number of hydrogen-bond acceptors (Lipinski definition) is 0. The first kappa shape index (κ1) is 18.9. The Morgan fingerprint density at radius 1 is 0.667 bits per heavy atom. The van der Waals surface area contributed by atoms with Gasteiger partial charge in [-0.15, -0.1) is 0 Å². The molecule has 7 rings (SSSR count). The summed E-state index contributed by atoms with van der Waals surface area (Å²) in [6.45, 7) is 4.52. The molecule has 0 aromatic heterocycles. The predicted octanol–water partition coefficient (Wildman–Crippen LogP) is 9.01. The second-order valence-electron chi connectivity index (χ2n) is 9.73. The lowest BCUT2D eigenvalue weighted by Crippen LogP contribution is -2.02. The van der Waals surface area contributed by atoms with Gasteiger partial charge in [0.05, 0.1) is 0 Å². The molecule has 0 amide bonds. The summed E-state index contributed by atoms with van der Waals surface area (Å²) >= 11 is 0. The molecule has 0 heteroatoms. The van der Waals surface area contributed by atoms with E-state index in [9.17, 15) is 0 Å². The fraction of sp³-hybridized carbons (Fsp3) is 0.152. The largest absolute Gasteiger partial charge is 0.0645 e. The molecule has 1 aliphatic carbocycles. The molecule has 6 aromatic rings. The van der Waals surface area contributed by atoms with Crippen LogP contribution in [0.5, 0.6) is 0 Å². The molecule has 0 aliphatic heterocycles. The number of fused-ring (bicyclic) bond motifs is 3. The van der Waals surface area contributed by atoms with Crippen LogP contribution in [0.25, 0.3) is 43.4 Å². The molecule has 0 radical (unpaired) electrons. The fourth-order valence-electron chi connectivity index (χ4n) is 6.21. The summed E-state index contributed by atoms with van der Waals surface area (Å²) < 4.78 is 0. The standard InChI is InChI=1S/C33H26/c1-3-27(26-12-11-25-18-24-8-7-20(2)17-30(24)31(25)19-26)28-15-13-23-10-9-21-5-4-6-22-14-16-29(28)33(23)32(21)22/h4-17,19,27H,3,18H2,1-2H3. The maximum atomic E-state index is 2.48. The zero-order valence-electron chi connectivity index (χ0n) is 19.2. The van der Waals surface area contributed by atoms with Gasteiger partial charge in [0.15, 0.2) is 0 Å². The maximum absolute atomic E-state index is 2.48. The van der Waals surface area contributed by atoms with Crippen LogP contribution in [0.2, 0.25) is 0 Å². The van der Waals surface area contributed by atoms with E-state index in [1.807, 2.05) is 0 Å². The van der Waals surface area contributed by atoms with Gasteiger partial charge in [0.2, 0.25) is 0 Å². The average molecular weight is 423 g/mol. The highest BCUT2D eigenvalue weighted by molar-refractivity contribution is 6.23. The van der Waals surface area contributed by atoms with Crippen molar-refractivity contribution < 1.29 is 0 Å². The Kier molecular flexibility index (Phi) is 3.96. The van der Waals surface area contributed by atoms with Crippen LogP contribution in [0.4, 0.5) is 0 Å². The molecule has 0 bridgehead atoms. The molecule has 1 aliphatic rings. The molecule has 1 atom stereocenters. The van der Waals surface area contributed by atoms with E-state index in [-0.39, 0.29) is 0 Å². The molecule has 6 aromatic carbocycles. The third-order valence-electron chi connectivity index (χ3n) is 7.82. The highest BCUT2D eigenvalue weighted by Crippen LogP contribution is 2.43. The van der Waals surface area contributed by atoms with E-state index in [0.717, 1.165) is 12.8 Å². The van der Waals surface area contributed by atoms with Crippen molar-refractivity contribution in [3.63, 3.8) is 0 Å². The third-order valence-corrected chi connectivity index (χ3v) is 7.82. The minimum atomic E-state index is 0.383. The van der Waals surface area contributed by atoms with Gasteiger partial charge >= 0.3 is 0 Å². The molecule has 0 fully saturated rings. The second kappa shape index (κ2) is 6.93. The first-order valence-electron chi connectivity index (χ1n) is 12.1. The molecule has 0 spiro atoms. The first-order chi connectivity index (χ1) is 16.2. The Hall–Kier alpha value is -3.64. The average Bonchev–Trinajstić information content (AvgIpc) is 3.21. The summed E-state index contributed by atoms with van der Waals surface area (Å²) in [6, 6.07) is 34.7. The summed E-state index contributed by atoms with van der Waals surface area (Å²) in [5, 5.41) is 8.23. The SMILES string of the molecule is CCC(c1ccc2c(c1)-c1cc(C)ccc1C2)c1ccc2ccc3cccc4ccc1c2c34. The molecule has 0 N–H and O–H groups in total. The zero-order chi connectivity index (χ0) is 22.1. The van der Waals surface area contributed by atoms with Crippen molar-refractivity contribution in [2.24, 2.45) is 0 Å². The molecular formula is C33H26. The Balaban J connectivity index is 1.44. The van der Waals surface area contributed by atoms with Gasteiger partial charge in [-0.05, 0) is 85.5 Å². The fourth-order valence-corrected chi connectivity index (χ4v) is 6.21. The molecular weight excluding hydrogens is 396 g/mol. The number of aryl methyl sites for hydroxylation is 1. The van der Waals surface area contributed by atoms with Gasteiger partial charge in [-0.2, -0.15) is 0 Å². The van der Waals surface area contributed by atoms with E-state index in [1.165, 1.54) is 71.3 Å². The van der Waals surface area contributed by atoms with E-state index in [0.29, 0.717) is 5.92 Å². The summed E-state index contributed by atoms with van der Waals surface area (Å²) in [5.41, 5.74) is 10.0. The van der Waals surface area contributed by atoms with E-state index in [2.05, 4.69) is 105 Å². The van der Waals surface area contributed by atoms with Crippen LogP contribution in [0.1, 0.15) is 47.1 Å². The number of hydrogen-bond donors (Lipinski definition) is 0. The Morgan fingerprint density at radius 3 is 2.12 bits per heavy atom. The van der Waals surface area contributed by atoms with Crippen LogP contribution in [-0.4, -0.2) is 0 Å². The van der Waals surface area contributed by atoms with Crippen LogP contribution < -0.4 is 0 Å². The van der Waals surface area contributed by atoms with Gasteiger partial charge in [-0.1, -0.05) is 103 Å². The van der Waals surface area contributed by atoms with E-state index in [4.69, 9.17) is 0 Å². The molecule has 0 nitrogen and oxygen atoms in total. The van der Waals surface area contributed by atoms with Crippen LogP contribution in [-0.2, 0) is 6.42 Å². The van der Waals surface area contributed by atoms with Crippen molar-refractivity contribution in [2.75, 3.05) is 0 Å². The zero-order valence-corrected chi connectivity index (χ0v) is 19.2. The van der Waals surface area contributed by atoms with Crippen LogP contribution in [0, 0.1) is 6.92 Å². The third kappa shape index (κ3) is 2.70. The van der Waals surface area contributed by atoms with Crippen molar-refractivity contribution in [2.45, 2.75) is 32.6 Å². The van der Waals surface area contributed by atoms with E-state index in [1.54, 1.807) is 0 Å². The molecule has 158 valence electrons. The van der Waals surface area contributed by atoms with Crippen molar-refractivity contribution in [3.8, 4) is 11.1 Å². The van der Waals surface area contributed by atoms with Gasteiger partial charge in [0, 0.05) is 5.92 Å². The normalized spacial score (nSPS) is 13.6. The van der Waals surface area contributed by atoms with Crippen LogP contribution in [0.3, 0.4) is 0 Å². The molecule has 33 heavy (non-hydrogen) atoms. The molecule has 1 unspecified atom stereocenters. The van der Waals surface area contributed by atoms with Crippen LogP contribution >= 0.6 is 0 Å². The lowest BCUT2D eigenvalue weighted by Gasteiger charge is -2.21. The smallest absolute Gasteiger partial charge is 0.00931 e. The quantitative estimate of drug-likeness (QED) is 0.249.